The van der Waals surface area contributed by atoms with Gasteiger partial charge in [0.05, 0.1) is 24.2 Å². The van der Waals surface area contributed by atoms with Crippen molar-refractivity contribution in [3.63, 3.8) is 0 Å². The van der Waals surface area contributed by atoms with Crippen molar-refractivity contribution in [3.8, 4) is 0 Å². The number of aliphatic hydroxyl groups excluding tert-OH is 1. The van der Waals surface area contributed by atoms with Crippen LogP contribution in [0.25, 0.3) is 0 Å². The van der Waals surface area contributed by atoms with E-state index in [0.717, 1.165) is 5.69 Å². The molecule has 0 saturated carbocycles. The van der Waals surface area contributed by atoms with Crippen LogP contribution in [0.4, 0.5) is 15.8 Å². The molecule has 1 aromatic carbocycles. The smallest absolute Gasteiger partial charge is 0.131 e. The Morgan fingerprint density at radius 3 is 2.45 bits per heavy atom. The molecular weight excluding hydrogens is 257 g/mol. The highest BCUT2D eigenvalue weighted by Gasteiger charge is 2.13. The second-order valence-electron chi connectivity index (χ2n) is 4.91. The minimum absolute atomic E-state index is 0.164. The molecule has 0 unspecified atom stereocenters. The lowest BCUT2D eigenvalue weighted by atomic mass is 10.2. The molecule has 0 aliphatic heterocycles. The van der Waals surface area contributed by atoms with E-state index in [-0.39, 0.29) is 18.3 Å². The second kappa shape index (κ2) is 5.96. The number of hydrogen-bond acceptors (Lipinski definition) is 4. The summed E-state index contributed by atoms with van der Waals surface area (Å²) in [6, 6.07) is 6.14. The van der Waals surface area contributed by atoms with Gasteiger partial charge in [0.15, 0.2) is 0 Å². The van der Waals surface area contributed by atoms with Crippen LogP contribution >= 0.6 is 0 Å². The lowest BCUT2D eigenvalue weighted by molar-refractivity contribution is 0.276. The predicted octanol–water partition coefficient (Wildman–Crippen LogP) is 3.00. The first-order valence-electron chi connectivity index (χ1n) is 6.49. The van der Waals surface area contributed by atoms with Crippen molar-refractivity contribution < 1.29 is 9.50 Å². The van der Waals surface area contributed by atoms with E-state index in [4.69, 9.17) is 0 Å². The maximum absolute atomic E-state index is 13.0. The first-order valence-corrected chi connectivity index (χ1v) is 6.49. The third kappa shape index (κ3) is 2.93. The van der Waals surface area contributed by atoms with Gasteiger partial charge in [-0.15, -0.1) is 0 Å². The van der Waals surface area contributed by atoms with Gasteiger partial charge in [0.2, 0.25) is 0 Å². The number of nitrogens with zero attached hydrogens (tertiary/aromatic N) is 3. The molecule has 0 saturated heterocycles. The lowest BCUT2D eigenvalue weighted by Gasteiger charge is -2.21. The Morgan fingerprint density at radius 1 is 1.25 bits per heavy atom. The van der Waals surface area contributed by atoms with E-state index in [0.29, 0.717) is 17.2 Å². The van der Waals surface area contributed by atoms with E-state index in [1.165, 1.54) is 12.1 Å². The molecule has 0 radical (unpaired) electrons. The van der Waals surface area contributed by atoms with Gasteiger partial charge in [0.1, 0.15) is 11.6 Å². The molecule has 2 aromatic rings. The molecule has 0 bridgehead atoms. The Labute approximate surface area is 117 Å². The van der Waals surface area contributed by atoms with E-state index in [2.05, 4.69) is 9.97 Å². The summed E-state index contributed by atoms with van der Waals surface area (Å²) in [4.78, 5) is 10.5. The fourth-order valence-electron chi connectivity index (χ4n) is 1.90. The molecule has 0 aliphatic rings. The fourth-order valence-corrected chi connectivity index (χ4v) is 1.90. The highest BCUT2D eigenvalue weighted by molar-refractivity contribution is 5.63. The zero-order chi connectivity index (χ0) is 14.7. The van der Waals surface area contributed by atoms with Gasteiger partial charge < -0.3 is 10.0 Å². The molecule has 20 heavy (non-hydrogen) atoms. The molecule has 0 atom stereocenters. The monoisotopic (exact) mass is 275 g/mol. The molecule has 0 aliphatic carbocycles. The van der Waals surface area contributed by atoms with E-state index in [1.54, 1.807) is 18.3 Å². The summed E-state index contributed by atoms with van der Waals surface area (Å²) < 4.78 is 13.0. The van der Waals surface area contributed by atoms with Crippen molar-refractivity contribution in [2.75, 3.05) is 11.9 Å². The maximum Gasteiger partial charge on any atom is 0.131 e. The first-order chi connectivity index (χ1) is 9.52. The van der Waals surface area contributed by atoms with Crippen LogP contribution in [0.5, 0.6) is 0 Å². The summed E-state index contributed by atoms with van der Waals surface area (Å²) in [5, 5.41) is 9.49. The van der Waals surface area contributed by atoms with Crippen LogP contribution in [-0.2, 0) is 6.61 Å². The van der Waals surface area contributed by atoms with Gasteiger partial charge in [-0.1, -0.05) is 13.8 Å². The molecule has 4 nitrogen and oxygen atoms in total. The molecule has 2 rings (SSSR count). The zero-order valence-electron chi connectivity index (χ0n) is 11.8. The zero-order valence-corrected chi connectivity index (χ0v) is 11.8. The molecule has 0 fully saturated rings. The Bertz CT molecular complexity index is 584. The molecule has 1 heterocycles. The van der Waals surface area contributed by atoms with Crippen molar-refractivity contribution in [1.29, 1.82) is 0 Å². The van der Waals surface area contributed by atoms with Crippen LogP contribution in [0.3, 0.4) is 0 Å². The van der Waals surface area contributed by atoms with Gasteiger partial charge in [-0.3, -0.25) is 0 Å². The van der Waals surface area contributed by atoms with E-state index in [1.807, 2.05) is 25.8 Å². The Hall–Kier alpha value is -2.01. The predicted molar refractivity (Wildman–Crippen MR) is 76.5 cm³/mol. The van der Waals surface area contributed by atoms with Gasteiger partial charge >= 0.3 is 0 Å². The van der Waals surface area contributed by atoms with Gasteiger partial charge in [0.25, 0.3) is 0 Å². The third-order valence-corrected chi connectivity index (χ3v) is 3.11. The normalized spacial score (nSPS) is 10.9. The number of benzene rings is 1. The molecule has 0 spiro atoms. The van der Waals surface area contributed by atoms with Crippen molar-refractivity contribution in [2.45, 2.75) is 26.4 Å². The van der Waals surface area contributed by atoms with Gasteiger partial charge in [0, 0.05) is 18.7 Å². The van der Waals surface area contributed by atoms with E-state index >= 15 is 0 Å². The Kier molecular flexibility index (Phi) is 4.29. The fraction of sp³-hybridized carbons (Fsp3) is 0.333. The summed E-state index contributed by atoms with van der Waals surface area (Å²) in [7, 11) is 1.83. The van der Waals surface area contributed by atoms with Crippen LogP contribution in [0, 0.1) is 5.82 Å². The highest BCUT2D eigenvalue weighted by Crippen LogP contribution is 2.26. The largest absolute Gasteiger partial charge is 0.390 e. The van der Waals surface area contributed by atoms with Crippen molar-refractivity contribution in [3.05, 3.63) is 47.8 Å². The summed E-state index contributed by atoms with van der Waals surface area (Å²) in [6.07, 6.45) is 1.69. The number of anilines is 2. The van der Waals surface area contributed by atoms with Crippen LogP contribution in [0.15, 0.2) is 30.5 Å². The molecule has 106 valence electrons. The molecule has 1 N–H and O–H groups in total. The number of aliphatic hydroxyl groups is 1. The van der Waals surface area contributed by atoms with E-state index < -0.39 is 0 Å². The minimum Gasteiger partial charge on any atom is -0.390 e. The molecular formula is C15H18FN3O. The summed E-state index contributed by atoms with van der Waals surface area (Å²) in [5.41, 5.74) is 2.08. The van der Waals surface area contributed by atoms with Crippen molar-refractivity contribution in [2.24, 2.45) is 0 Å². The number of halogens is 1. The Balaban J connectivity index is 2.38. The lowest BCUT2D eigenvalue weighted by Crippen LogP contribution is -2.15. The summed E-state index contributed by atoms with van der Waals surface area (Å²) >= 11 is 0. The topological polar surface area (TPSA) is 49.2 Å². The summed E-state index contributed by atoms with van der Waals surface area (Å²) in [5.74, 6) is 0.617. The number of hydrogen-bond donors (Lipinski definition) is 1. The summed E-state index contributed by atoms with van der Waals surface area (Å²) in [6.45, 7) is 3.84. The number of aromatic nitrogens is 2. The maximum atomic E-state index is 13.0. The highest BCUT2D eigenvalue weighted by atomic mass is 19.1. The average Bonchev–Trinajstić information content (AvgIpc) is 2.46. The van der Waals surface area contributed by atoms with Crippen LogP contribution in [0.1, 0.15) is 31.3 Å². The first kappa shape index (κ1) is 14.4. The molecule has 0 amide bonds. The standard InChI is InChI=1S/C15H18FN3O/c1-10(2)15-17-8-14(13(9-20)18-15)19(3)12-6-4-11(16)5-7-12/h4-8,10,20H,9H2,1-3H3. The minimum atomic E-state index is -0.282. The van der Waals surface area contributed by atoms with Crippen molar-refractivity contribution >= 4 is 11.4 Å². The third-order valence-electron chi connectivity index (χ3n) is 3.11. The van der Waals surface area contributed by atoms with Crippen molar-refractivity contribution in [1.82, 2.24) is 9.97 Å². The Morgan fingerprint density at radius 2 is 1.90 bits per heavy atom. The molecule has 5 heteroatoms. The van der Waals surface area contributed by atoms with Gasteiger partial charge in [-0.2, -0.15) is 0 Å². The van der Waals surface area contributed by atoms with E-state index in [9.17, 15) is 9.50 Å². The second-order valence-corrected chi connectivity index (χ2v) is 4.91. The quantitative estimate of drug-likeness (QED) is 0.932. The van der Waals surface area contributed by atoms with Crippen LogP contribution in [-0.4, -0.2) is 22.1 Å². The van der Waals surface area contributed by atoms with Gasteiger partial charge in [-0.05, 0) is 24.3 Å². The molecule has 1 aromatic heterocycles. The van der Waals surface area contributed by atoms with Gasteiger partial charge in [-0.25, -0.2) is 14.4 Å². The van der Waals surface area contributed by atoms with Crippen LogP contribution in [0.2, 0.25) is 0 Å². The average molecular weight is 275 g/mol. The number of rotatable bonds is 4. The van der Waals surface area contributed by atoms with Crippen LogP contribution < -0.4 is 4.90 Å². The SMILES string of the molecule is CC(C)c1ncc(N(C)c2ccc(F)cc2)c(CO)n1.